The van der Waals surface area contributed by atoms with E-state index in [9.17, 15) is 0 Å². The predicted octanol–water partition coefficient (Wildman–Crippen LogP) is -9.62. The zero-order valence-corrected chi connectivity index (χ0v) is 19.4. The third-order valence-corrected chi connectivity index (χ3v) is 0. The molecular weight excluding hydrogens is 565 g/mol. The second kappa shape index (κ2) is 16.4. The smallest absolute Gasteiger partial charge is 0.822 e. The molecule has 0 unspecified atom stereocenters. The molecule has 96 valence electrons. The quantitative estimate of drug-likeness (QED) is 0.196. The van der Waals surface area contributed by atoms with Crippen LogP contribution in [0.15, 0.2) is 0 Å². The van der Waals surface area contributed by atoms with Crippen LogP contribution in [0.5, 0.6) is 0 Å². The Balaban J connectivity index is -0.0000000277. The van der Waals surface area contributed by atoms with E-state index in [0.717, 1.165) is 0 Å². The van der Waals surface area contributed by atoms with E-state index in [4.69, 9.17) is 57.7 Å². The molecule has 0 bridgehead atoms. The molecular formula is BaInO12P3Si. The van der Waals surface area contributed by atoms with Crippen LogP contribution in [-0.4, -0.2) is 85.7 Å². The van der Waals surface area contributed by atoms with Crippen LogP contribution in [0.2, 0.25) is 0 Å². The molecule has 0 aliphatic heterocycles. The molecule has 0 aliphatic rings. The van der Waals surface area contributed by atoms with Gasteiger partial charge in [-0.15, -0.1) is 0 Å². The van der Waals surface area contributed by atoms with Crippen molar-refractivity contribution >= 4 is 109 Å². The SMILES string of the molecule is O=P([O-])([O-])[O-].O=P([O-])([O-])[O-].O=P([O-])([O-])[O-].[Ba+2].[In+3].[Si+4]. The van der Waals surface area contributed by atoms with Crippen molar-refractivity contribution in [1.29, 1.82) is 0 Å². The van der Waals surface area contributed by atoms with Crippen LogP contribution in [0.25, 0.3) is 0 Å². The van der Waals surface area contributed by atoms with Gasteiger partial charge in [0.2, 0.25) is 0 Å². The average Bonchev–Trinajstić information content (AvgIpc) is 1.41. The summed E-state index contributed by atoms with van der Waals surface area (Å²) in [6.07, 6.45) is 0. The van der Waals surface area contributed by atoms with Gasteiger partial charge in [0.15, 0.2) is 0 Å². The van der Waals surface area contributed by atoms with Crippen LogP contribution >= 0.6 is 23.5 Å². The van der Waals surface area contributed by atoms with Crippen molar-refractivity contribution < 1.29 is 57.7 Å². The van der Waals surface area contributed by atoms with Crippen molar-refractivity contribution in [2.24, 2.45) is 0 Å². The van der Waals surface area contributed by atoms with Gasteiger partial charge in [-0.3, -0.25) is 0 Å². The molecule has 0 atom stereocenters. The van der Waals surface area contributed by atoms with Gasteiger partial charge < -0.3 is 57.7 Å². The Labute approximate surface area is 164 Å². The van der Waals surface area contributed by atoms with Crippen molar-refractivity contribution in [1.82, 2.24) is 0 Å². The maximum atomic E-state index is 8.55. The number of hydrogen-bond donors (Lipinski definition) is 0. The molecule has 12 nitrogen and oxygen atoms in total. The number of hydrogen-bond acceptors (Lipinski definition) is 12. The van der Waals surface area contributed by atoms with Crippen LogP contribution in [0, 0.1) is 0 Å². The summed E-state index contributed by atoms with van der Waals surface area (Å²) in [5.41, 5.74) is 0. The monoisotopic (exact) mass is 566 g/mol. The van der Waals surface area contributed by atoms with Crippen molar-refractivity contribution in [2.75, 3.05) is 0 Å². The maximum Gasteiger partial charge on any atom is 4.00 e. The maximum absolute atomic E-state index is 8.55. The molecule has 0 rings (SSSR count). The molecule has 18 heteroatoms. The van der Waals surface area contributed by atoms with Crippen molar-refractivity contribution in [3.8, 4) is 0 Å². The third-order valence-electron chi connectivity index (χ3n) is 0. The van der Waals surface area contributed by atoms with E-state index in [1.165, 1.54) is 0 Å². The summed E-state index contributed by atoms with van der Waals surface area (Å²) < 4.78 is 25.6. The first-order valence-corrected chi connectivity index (χ1v) is 6.57. The number of rotatable bonds is 0. The minimum atomic E-state index is -5.39. The fraction of sp³-hybridized carbons (Fsp3) is 0. The standard InChI is InChI=1S/Ba.In.3H3O4P.Si/c;;3*1-5(2,3)4;/h;;3*(H3,1,2,3,4);/q+2;+3;;;;+4/p-9. The van der Waals surface area contributed by atoms with Gasteiger partial charge in [-0.1, -0.05) is 0 Å². The molecule has 0 spiro atoms. The fourth-order valence-electron chi connectivity index (χ4n) is 0. The van der Waals surface area contributed by atoms with Crippen molar-refractivity contribution in [2.45, 2.75) is 0 Å². The Morgan fingerprint density at radius 2 is 0.500 bits per heavy atom. The summed E-state index contributed by atoms with van der Waals surface area (Å²) in [4.78, 5) is 76.9. The molecule has 0 aromatic heterocycles. The number of phosphoric acid groups is 3. The normalized spacial score (nSPS) is 9.83. The van der Waals surface area contributed by atoms with Gasteiger partial charge in [-0.2, -0.15) is 23.5 Å². The third kappa shape index (κ3) is 688. The summed E-state index contributed by atoms with van der Waals surface area (Å²) >= 11 is 0. The second-order valence-corrected chi connectivity index (χ2v) is 4.02. The Morgan fingerprint density at radius 1 is 0.500 bits per heavy atom. The molecule has 0 heterocycles. The van der Waals surface area contributed by atoms with E-state index in [2.05, 4.69) is 0 Å². The Morgan fingerprint density at radius 3 is 0.500 bits per heavy atom. The molecule has 0 amide bonds. The summed E-state index contributed by atoms with van der Waals surface area (Å²) in [6.45, 7) is 0. The summed E-state index contributed by atoms with van der Waals surface area (Å²) in [6, 6.07) is 0. The van der Waals surface area contributed by atoms with Gasteiger partial charge in [0, 0.05) is 0 Å². The molecule has 0 aliphatic carbocycles. The van der Waals surface area contributed by atoms with Gasteiger partial charge in [0.25, 0.3) is 0 Å². The van der Waals surface area contributed by atoms with E-state index >= 15 is 0 Å². The summed E-state index contributed by atoms with van der Waals surface area (Å²) in [5.74, 6) is 0. The first-order chi connectivity index (χ1) is 6.00. The summed E-state index contributed by atoms with van der Waals surface area (Å²) in [5, 5.41) is 0. The summed E-state index contributed by atoms with van der Waals surface area (Å²) in [7, 11) is -16.2. The van der Waals surface area contributed by atoms with E-state index in [1.54, 1.807) is 0 Å². The Kier molecular flexibility index (Phi) is 33.9. The van der Waals surface area contributed by atoms with Gasteiger partial charge in [-0.25, -0.2) is 0 Å². The minimum Gasteiger partial charge on any atom is -0.822 e. The van der Waals surface area contributed by atoms with Crippen LogP contribution in [0.4, 0.5) is 0 Å². The van der Waals surface area contributed by atoms with Crippen LogP contribution in [-0.2, 0) is 13.7 Å². The zero-order chi connectivity index (χ0) is 13.5. The molecule has 0 fully saturated rings. The molecule has 0 aromatic carbocycles. The molecule has 0 saturated carbocycles. The van der Waals surface area contributed by atoms with Gasteiger partial charge in [0.05, 0.1) is 0 Å². The van der Waals surface area contributed by atoms with Crippen molar-refractivity contribution in [3.05, 3.63) is 0 Å². The topological polar surface area (TPSA) is 259 Å². The Bertz CT molecular complexity index is 213. The first kappa shape index (κ1) is 37.3. The molecule has 0 aromatic rings. The first-order valence-electron chi connectivity index (χ1n) is 2.19. The van der Waals surface area contributed by atoms with Gasteiger partial charge >= 0.3 is 85.7 Å². The molecule has 0 radical (unpaired) electrons. The Hall–Kier alpha value is 2.99. The average molecular weight is 565 g/mol. The van der Waals surface area contributed by atoms with Gasteiger partial charge in [0.1, 0.15) is 0 Å². The van der Waals surface area contributed by atoms with E-state index in [0.29, 0.717) is 0 Å². The minimum absolute atomic E-state index is 0. The largest absolute Gasteiger partial charge is 4.00 e. The second-order valence-electron chi connectivity index (χ2n) is 1.34. The molecule has 0 saturated heterocycles. The molecule has 0 N–H and O–H groups in total. The van der Waals surface area contributed by atoms with Crippen LogP contribution in [0.1, 0.15) is 0 Å². The predicted molar refractivity (Wildman–Crippen MR) is 40.1 cm³/mol. The van der Waals surface area contributed by atoms with E-state index in [1.807, 2.05) is 0 Å². The zero-order valence-electron chi connectivity index (χ0n) is 8.03. The fourth-order valence-corrected chi connectivity index (χ4v) is 0. The van der Waals surface area contributed by atoms with Crippen LogP contribution < -0.4 is 44.0 Å². The van der Waals surface area contributed by atoms with Crippen molar-refractivity contribution in [3.63, 3.8) is 0 Å². The van der Waals surface area contributed by atoms with E-state index < -0.39 is 23.5 Å². The van der Waals surface area contributed by atoms with E-state index in [-0.39, 0.29) is 85.7 Å². The van der Waals surface area contributed by atoms with Crippen LogP contribution in [0.3, 0.4) is 0 Å². The van der Waals surface area contributed by atoms with Gasteiger partial charge in [-0.05, 0) is 0 Å². The molecule has 18 heavy (non-hydrogen) atoms.